The lowest BCUT2D eigenvalue weighted by Crippen LogP contribution is -2.67. The monoisotopic (exact) mass is 619 g/mol. The topological polar surface area (TPSA) is 82.9 Å². The van der Waals surface area contributed by atoms with Gasteiger partial charge in [-0.1, -0.05) is 81.4 Å². The van der Waals surface area contributed by atoms with Gasteiger partial charge >= 0.3 is 12.2 Å². The Morgan fingerprint density at radius 1 is 0.841 bits per heavy atom. The number of benzene rings is 2. The van der Waals surface area contributed by atoms with Crippen LogP contribution in [-0.2, 0) is 20.4 Å². The van der Waals surface area contributed by atoms with E-state index in [0.29, 0.717) is 11.5 Å². The number of rotatable bonds is 9. The highest BCUT2D eigenvalue weighted by Gasteiger charge is 2.50. The molecule has 0 radical (unpaired) electrons. The van der Waals surface area contributed by atoms with Crippen molar-refractivity contribution in [3.8, 4) is 0 Å². The van der Waals surface area contributed by atoms with Crippen LogP contribution in [0.1, 0.15) is 92.6 Å². The zero-order valence-corrected chi connectivity index (χ0v) is 28.8. The number of amides is 1. The van der Waals surface area contributed by atoms with E-state index >= 15 is 0 Å². The van der Waals surface area contributed by atoms with E-state index in [-0.39, 0.29) is 30.7 Å². The lowest BCUT2D eigenvalue weighted by molar-refractivity contribution is 0.0196. The molecule has 0 aliphatic heterocycles. The summed E-state index contributed by atoms with van der Waals surface area (Å²) in [5.74, 6) is 0.895. The molecule has 8 nitrogen and oxygen atoms in total. The Labute approximate surface area is 263 Å². The molecule has 2 aromatic carbocycles. The second-order valence-corrected chi connectivity index (χ2v) is 18.9. The van der Waals surface area contributed by atoms with E-state index in [0.717, 1.165) is 12.8 Å². The Morgan fingerprint density at radius 3 is 1.82 bits per heavy atom. The van der Waals surface area contributed by atoms with E-state index < -0.39 is 31.7 Å². The van der Waals surface area contributed by atoms with Crippen molar-refractivity contribution in [2.24, 2.45) is 0 Å². The van der Waals surface area contributed by atoms with Crippen LogP contribution in [0.4, 0.5) is 9.59 Å². The molecule has 238 valence electrons. The number of aromatic nitrogens is 2. The SMILES string of the molecule is CC(C)(C)OC(=O)N(CCO[Si](c1ccccc1)(c1ccccc1)C(C)(C)C)Cc1cnc(C2CC2)n1C(=O)OC(C)(C)C. The maximum absolute atomic E-state index is 13.6. The molecule has 9 heteroatoms. The minimum Gasteiger partial charge on any atom is -0.444 e. The van der Waals surface area contributed by atoms with Crippen LogP contribution in [0.3, 0.4) is 0 Å². The lowest BCUT2D eigenvalue weighted by atomic mass is 10.2. The second kappa shape index (κ2) is 12.9. The Morgan fingerprint density at radius 2 is 1.36 bits per heavy atom. The third kappa shape index (κ3) is 7.98. The maximum Gasteiger partial charge on any atom is 0.420 e. The van der Waals surface area contributed by atoms with Gasteiger partial charge in [0.15, 0.2) is 0 Å². The quantitative estimate of drug-likeness (QED) is 0.244. The summed E-state index contributed by atoms with van der Waals surface area (Å²) >= 11 is 0. The summed E-state index contributed by atoms with van der Waals surface area (Å²) < 4.78 is 20.2. The third-order valence-corrected chi connectivity index (χ3v) is 12.5. The van der Waals surface area contributed by atoms with Crippen molar-refractivity contribution in [3.63, 3.8) is 0 Å². The maximum atomic E-state index is 13.6. The molecule has 4 rings (SSSR count). The van der Waals surface area contributed by atoms with Crippen molar-refractivity contribution in [2.45, 2.75) is 104 Å². The fraction of sp³-hybridized carbons (Fsp3) is 0.514. The molecular weight excluding hydrogens is 570 g/mol. The molecule has 0 N–H and O–H groups in total. The Balaban J connectivity index is 1.67. The lowest BCUT2D eigenvalue weighted by Gasteiger charge is -2.43. The van der Waals surface area contributed by atoms with Crippen molar-refractivity contribution in [3.05, 3.63) is 78.4 Å². The van der Waals surface area contributed by atoms with Crippen LogP contribution in [-0.4, -0.2) is 59.3 Å². The molecule has 0 atom stereocenters. The first-order valence-corrected chi connectivity index (χ1v) is 17.5. The third-order valence-electron chi connectivity index (χ3n) is 7.48. The second-order valence-electron chi connectivity index (χ2n) is 14.6. The van der Waals surface area contributed by atoms with E-state index in [1.807, 2.05) is 53.7 Å². The van der Waals surface area contributed by atoms with Crippen LogP contribution in [0.15, 0.2) is 66.9 Å². The van der Waals surface area contributed by atoms with Crippen LogP contribution in [0, 0.1) is 0 Å². The van der Waals surface area contributed by atoms with Crippen molar-refractivity contribution in [1.29, 1.82) is 0 Å². The number of hydrogen-bond donors (Lipinski definition) is 0. The van der Waals surface area contributed by atoms with Gasteiger partial charge in [-0.15, -0.1) is 0 Å². The largest absolute Gasteiger partial charge is 0.444 e. The van der Waals surface area contributed by atoms with Crippen molar-refractivity contribution < 1.29 is 23.5 Å². The van der Waals surface area contributed by atoms with Gasteiger partial charge in [-0.05, 0) is 69.8 Å². The fourth-order valence-electron chi connectivity index (χ4n) is 5.49. The first-order chi connectivity index (χ1) is 20.5. The summed E-state index contributed by atoms with van der Waals surface area (Å²) in [5, 5.41) is 2.13. The molecule has 1 heterocycles. The van der Waals surface area contributed by atoms with E-state index in [9.17, 15) is 9.59 Å². The minimum atomic E-state index is -2.82. The molecule has 1 amide bonds. The molecule has 1 aliphatic rings. The van der Waals surface area contributed by atoms with E-state index in [1.54, 1.807) is 15.7 Å². The normalized spacial score (nSPS) is 14.3. The van der Waals surface area contributed by atoms with Crippen molar-refractivity contribution >= 4 is 30.9 Å². The Bertz CT molecular complexity index is 1380. The van der Waals surface area contributed by atoms with Gasteiger partial charge < -0.3 is 18.8 Å². The van der Waals surface area contributed by atoms with Crippen LogP contribution >= 0.6 is 0 Å². The van der Waals surface area contributed by atoms with E-state index in [2.05, 4.69) is 74.3 Å². The number of imidazole rings is 1. The van der Waals surface area contributed by atoms with Gasteiger partial charge in [-0.25, -0.2) is 19.1 Å². The van der Waals surface area contributed by atoms with Gasteiger partial charge in [0.25, 0.3) is 8.32 Å². The first-order valence-electron chi connectivity index (χ1n) is 15.5. The number of ether oxygens (including phenoxy) is 2. The minimum absolute atomic E-state index is 0.123. The molecule has 1 aliphatic carbocycles. The molecular formula is C35H49N3O5Si. The summed E-state index contributed by atoms with van der Waals surface area (Å²) in [5.41, 5.74) is -0.787. The fourth-order valence-corrected chi connectivity index (χ4v) is 10.0. The molecule has 0 bridgehead atoms. The molecule has 1 saturated carbocycles. The highest BCUT2D eigenvalue weighted by molar-refractivity contribution is 6.99. The van der Waals surface area contributed by atoms with Crippen LogP contribution < -0.4 is 10.4 Å². The summed E-state index contributed by atoms with van der Waals surface area (Å²) in [6.07, 6.45) is 2.66. The predicted molar refractivity (Wildman–Crippen MR) is 176 cm³/mol. The number of hydrogen-bond acceptors (Lipinski definition) is 6. The van der Waals surface area contributed by atoms with Gasteiger partial charge in [0.1, 0.15) is 17.0 Å². The molecule has 44 heavy (non-hydrogen) atoms. The highest BCUT2D eigenvalue weighted by Crippen LogP contribution is 2.40. The first kappa shape index (κ1) is 33.5. The van der Waals surface area contributed by atoms with Crippen LogP contribution in [0.25, 0.3) is 0 Å². The average Bonchev–Trinajstić information content (AvgIpc) is 3.68. The Kier molecular flexibility index (Phi) is 9.80. The molecule has 1 fully saturated rings. The zero-order valence-electron chi connectivity index (χ0n) is 27.8. The van der Waals surface area contributed by atoms with Crippen molar-refractivity contribution in [1.82, 2.24) is 14.5 Å². The van der Waals surface area contributed by atoms with Crippen LogP contribution in [0.5, 0.6) is 0 Å². The van der Waals surface area contributed by atoms with Gasteiger partial charge in [0.05, 0.1) is 25.0 Å². The zero-order chi connectivity index (χ0) is 32.3. The number of carbonyl (C=O) groups is 2. The van der Waals surface area contributed by atoms with Gasteiger partial charge in [0.2, 0.25) is 0 Å². The summed E-state index contributed by atoms with van der Waals surface area (Å²) in [4.78, 5) is 33.2. The number of carbonyl (C=O) groups excluding carboxylic acids is 2. The Hall–Kier alpha value is -3.43. The van der Waals surface area contributed by atoms with E-state index in [1.165, 1.54) is 10.4 Å². The molecule has 0 unspecified atom stereocenters. The summed E-state index contributed by atoms with van der Waals surface area (Å²) in [6.45, 7) is 18.4. The average molecular weight is 620 g/mol. The number of nitrogens with zero attached hydrogens (tertiary/aromatic N) is 3. The standard InChI is InChI=1S/C35H49N3O5Si/c1-33(2,3)42-31(39)37(25-27-24-36-30(26-20-21-26)38(27)32(40)43-34(4,5)6)22-23-41-44(35(7,8)9,28-16-12-10-13-17-28)29-18-14-11-15-19-29/h10-19,24,26H,20-23,25H2,1-9H3. The van der Waals surface area contributed by atoms with E-state index in [4.69, 9.17) is 13.9 Å². The summed E-state index contributed by atoms with van der Waals surface area (Å²) in [6, 6.07) is 20.8. The van der Waals surface area contributed by atoms with Gasteiger partial charge in [-0.2, -0.15) is 0 Å². The smallest absolute Gasteiger partial charge is 0.420 e. The molecule has 1 aromatic heterocycles. The van der Waals surface area contributed by atoms with Gasteiger partial charge in [-0.3, -0.25) is 0 Å². The molecule has 0 spiro atoms. The predicted octanol–water partition coefficient (Wildman–Crippen LogP) is 6.86. The van der Waals surface area contributed by atoms with Crippen molar-refractivity contribution in [2.75, 3.05) is 13.2 Å². The molecule has 3 aromatic rings. The summed E-state index contributed by atoms with van der Waals surface area (Å²) in [7, 11) is -2.82. The molecule has 0 saturated heterocycles. The van der Waals surface area contributed by atoms with Gasteiger partial charge in [0, 0.05) is 12.5 Å². The highest BCUT2D eigenvalue weighted by atomic mass is 28.4. The van der Waals surface area contributed by atoms with Crippen LogP contribution in [0.2, 0.25) is 5.04 Å².